The molecule has 0 saturated heterocycles. The lowest BCUT2D eigenvalue weighted by molar-refractivity contribution is -0.129. The number of carbonyl (C=O) groups excluding carboxylic acids is 1. The molecular weight excluding hydrogens is 202 g/mol. The molecule has 0 aliphatic rings. The van der Waals surface area contributed by atoms with Gasteiger partial charge in [-0.15, -0.1) is 0 Å². The van der Waals surface area contributed by atoms with Crippen molar-refractivity contribution in [3.8, 4) is 0 Å². The number of nitrogens with two attached hydrogens (primary N) is 1. The lowest BCUT2D eigenvalue weighted by atomic mass is 10.2. The van der Waals surface area contributed by atoms with Crippen LogP contribution in [0, 0.1) is 0 Å². The van der Waals surface area contributed by atoms with Gasteiger partial charge in [-0.1, -0.05) is 6.07 Å². The summed E-state index contributed by atoms with van der Waals surface area (Å²) in [5, 5.41) is 0. The Morgan fingerprint density at radius 2 is 2.38 bits per heavy atom. The van der Waals surface area contributed by atoms with E-state index in [0.29, 0.717) is 13.0 Å². The summed E-state index contributed by atoms with van der Waals surface area (Å²) in [4.78, 5) is 17.4. The number of rotatable bonds is 6. The van der Waals surface area contributed by atoms with Gasteiger partial charge in [-0.25, -0.2) is 0 Å². The van der Waals surface area contributed by atoms with Crippen LogP contribution in [0.4, 0.5) is 0 Å². The van der Waals surface area contributed by atoms with Crippen LogP contribution in [0.3, 0.4) is 0 Å². The van der Waals surface area contributed by atoms with Gasteiger partial charge in [-0.3, -0.25) is 9.78 Å². The van der Waals surface area contributed by atoms with E-state index < -0.39 is 0 Å². The summed E-state index contributed by atoms with van der Waals surface area (Å²) in [6.07, 6.45) is 5.73. The molecule has 16 heavy (non-hydrogen) atoms. The Kier molecular flexibility index (Phi) is 5.50. The molecule has 0 fully saturated rings. The van der Waals surface area contributed by atoms with Crippen LogP contribution in [0.1, 0.15) is 18.4 Å². The molecule has 0 aliphatic heterocycles. The van der Waals surface area contributed by atoms with E-state index >= 15 is 0 Å². The first-order valence-electron chi connectivity index (χ1n) is 5.57. The maximum Gasteiger partial charge on any atom is 0.222 e. The topological polar surface area (TPSA) is 59.2 Å². The Labute approximate surface area is 96.5 Å². The Balaban J connectivity index is 2.29. The van der Waals surface area contributed by atoms with Crippen LogP contribution in [0.2, 0.25) is 0 Å². The zero-order valence-corrected chi connectivity index (χ0v) is 9.72. The number of carbonyl (C=O) groups is 1. The summed E-state index contributed by atoms with van der Waals surface area (Å²) in [7, 11) is 1.83. The molecule has 0 spiro atoms. The van der Waals surface area contributed by atoms with Gasteiger partial charge >= 0.3 is 0 Å². The minimum Gasteiger partial charge on any atom is -0.345 e. The van der Waals surface area contributed by atoms with E-state index in [9.17, 15) is 4.79 Å². The molecule has 1 heterocycles. The summed E-state index contributed by atoms with van der Waals surface area (Å²) in [5.41, 5.74) is 6.52. The Bertz CT molecular complexity index is 313. The van der Waals surface area contributed by atoms with Gasteiger partial charge in [-0.2, -0.15) is 0 Å². The van der Waals surface area contributed by atoms with Gasteiger partial charge < -0.3 is 10.6 Å². The van der Waals surface area contributed by atoms with Crippen molar-refractivity contribution in [1.82, 2.24) is 9.88 Å². The average molecular weight is 221 g/mol. The van der Waals surface area contributed by atoms with Crippen molar-refractivity contribution in [3.63, 3.8) is 0 Å². The van der Waals surface area contributed by atoms with E-state index in [1.165, 1.54) is 0 Å². The van der Waals surface area contributed by atoms with Crippen molar-refractivity contribution in [1.29, 1.82) is 0 Å². The first-order valence-corrected chi connectivity index (χ1v) is 5.57. The van der Waals surface area contributed by atoms with Gasteiger partial charge in [0, 0.05) is 32.4 Å². The molecule has 0 aliphatic carbocycles. The molecule has 4 heteroatoms. The molecule has 1 aromatic rings. The van der Waals surface area contributed by atoms with Crippen LogP contribution in [-0.2, 0) is 11.2 Å². The highest BCUT2D eigenvalue weighted by Crippen LogP contribution is 2.00. The van der Waals surface area contributed by atoms with Crippen LogP contribution in [0.25, 0.3) is 0 Å². The lowest BCUT2D eigenvalue weighted by Crippen LogP contribution is -2.29. The van der Waals surface area contributed by atoms with E-state index in [1.807, 2.05) is 25.4 Å². The Hall–Kier alpha value is -1.42. The minimum absolute atomic E-state index is 0.161. The predicted octanol–water partition coefficient (Wildman–Crippen LogP) is 0.821. The number of likely N-dealkylation sites (N-methyl/N-ethyl adjacent to an activating group) is 1. The molecular formula is C12H19N3O. The number of aromatic nitrogens is 1. The van der Waals surface area contributed by atoms with Gasteiger partial charge in [-0.05, 0) is 31.0 Å². The third-order valence-corrected chi connectivity index (χ3v) is 2.48. The number of pyridine rings is 1. The molecule has 0 saturated carbocycles. The molecule has 4 nitrogen and oxygen atoms in total. The third-order valence-electron chi connectivity index (χ3n) is 2.48. The fourth-order valence-corrected chi connectivity index (χ4v) is 1.41. The second-order valence-electron chi connectivity index (χ2n) is 3.82. The smallest absolute Gasteiger partial charge is 0.222 e. The summed E-state index contributed by atoms with van der Waals surface area (Å²) in [6, 6.07) is 3.93. The number of hydrogen-bond donors (Lipinski definition) is 1. The Morgan fingerprint density at radius 1 is 1.56 bits per heavy atom. The van der Waals surface area contributed by atoms with Crippen molar-refractivity contribution in [3.05, 3.63) is 30.1 Å². The van der Waals surface area contributed by atoms with Crippen molar-refractivity contribution < 1.29 is 4.79 Å². The largest absolute Gasteiger partial charge is 0.345 e. The minimum atomic E-state index is 0.161. The molecule has 1 aromatic heterocycles. The lowest BCUT2D eigenvalue weighted by Gasteiger charge is -2.16. The maximum absolute atomic E-state index is 11.6. The SMILES string of the molecule is CN(CCc1cccnc1)C(=O)CCCN. The van der Waals surface area contributed by atoms with Crippen LogP contribution >= 0.6 is 0 Å². The van der Waals surface area contributed by atoms with Crippen LogP contribution in [0.5, 0.6) is 0 Å². The Morgan fingerprint density at radius 3 is 3.00 bits per heavy atom. The summed E-state index contributed by atoms with van der Waals surface area (Å²) < 4.78 is 0. The maximum atomic E-state index is 11.6. The zero-order chi connectivity index (χ0) is 11.8. The number of nitrogens with zero attached hydrogens (tertiary/aromatic N) is 2. The van der Waals surface area contributed by atoms with Gasteiger partial charge in [0.15, 0.2) is 0 Å². The van der Waals surface area contributed by atoms with Crippen LogP contribution in [-0.4, -0.2) is 35.9 Å². The van der Waals surface area contributed by atoms with Crippen LogP contribution < -0.4 is 5.73 Å². The molecule has 88 valence electrons. The fourth-order valence-electron chi connectivity index (χ4n) is 1.41. The normalized spacial score (nSPS) is 10.1. The van der Waals surface area contributed by atoms with E-state index in [0.717, 1.165) is 24.9 Å². The quantitative estimate of drug-likeness (QED) is 0.773. The van der Waals surface area contributed by atoms with Gasteiger partial charge in [0.1, 0.15) is 0 Å². The highest BCUT2D eigenvalue weighted by atomic mass is 16.2. The molecule has 0 bridgehead atoms. The highest BCUT2D eigenvalue weighted by molar-refractivity contribution is 5.75. The molecule has 1 rings (SSSR count). The highest BCUT2D eigenvalue weighted by Gasteiger charge is 2.07. The van der Waals surface area contributed by atoms with E-state index in [-0.39, 0.29) is 5.91 Å². The molecule has 1 amide bonds. The van der Waals surface area contributed by atoms with E-state index in [2.05, 4.69) is 4.98 Å². The van der Waals surface area contributed by atoms with Gasteiger partial charge in [0.25, 0.3) is 0 Å². The van der Waals surface area contributed by atoms with Crippen molar-refractivity contribution >= 4 is 5.91 Å². The molecule has 0 unspecified atom stereocenters. The first-order chi connectivity index (χ1) is 7.74. The summed E-state index contributed by atoms with van der Waals surface area (Å²) in [6.45, 7) is 1.30. The van der Waals surface area contributed by atoms with E-state index in [1.54, 1.807) is 11.1 Å². The van der Waals surface area contributed by atoms with Crippen molar-refractivity contribution in [2.75, 3.05) is 20.1 Å². The monoisotopic (exact) mass is 221 g/mol. The summed E-state index contributed by atoms with van der Waals surface area (Å²) in [5.74, 6) is 0.161. The number of amides is 1. The number of hydrogen-bond acceptors (Lipinski definition) is 3. The van der Waals surface area contributed by atoms with Crippen molar-refractivity contribution in [2.24, 2.45) is 5.73 Å². The van der Waals surface area contributed by atoms with Gasteiger partial charge in [0.05, 0.1) is 0 Å². The van der Waals surface area contributed by atoms with Gasteiger partial charge in [0.2, 0.25) is 5.91 Å². The standard InChI is InChI=1S/C12H19N3O/c1-15(12(16)5-2-7-13)9-6-11-4-3-8-14-10-11/h3-4,8,10H,2,5-7,9,13H2,1H3. The fraction of sp³-hybridized carbons (Fsp3) is 0.500. The second-order valence-corrected chi connectivity index (χ2v) is 3.82. The molecule has 0 radical (unpaired) electrons. The average Bonchev–Trinajstić information content (AvgIpc) is 2.34. The van der Waals surface area contributed by atoms with Crippen molar-refractivity contribution in [2.45, 2.75) is 19.3 Å². The summed E-state index contributed by atoms with van der Waals surface area (Å²) >= 11 is 0. The zero-order valence-electron chi connectivity index (χ0n) is 9.72. The molecule has 0 atom stereocenters. The first kappa shape index (κ1) is 12.6. The van der Waals surface area contributed by atoms with E-state index in [4.69, 9.17) is 5.73 Å². The second kappa shape index (κ2) is 6.95. The molecule has 2 N–H and O–H groups in total. The molecule has 0 aromatic carbocycles. The van der Waals surface area contributed by atoms with Crippen LogP contribution in [0.15, 0.2) is 24.5 Å². The predicted molar refractivity (Wildman–Crippen MR) is 63.9 cm³/mol. The third kappa shape index (κ3) is 4.40.